The number of benzene rings is 2. The van der Waals surface area contributed by atoms with Crippen molar-refractivity contribution in [2.45, 2.75) is 17.2 Å². The quantitative estimate of drug-likeness (QED) is 0.747. The third kappa shape index (κ3) is 4.25. The Morgan fingerprint density at radius 2 is 1.95 bits per heavy atom. The van der Waals surface area contributed by atoms with Crippen LogP contribution >= 0.6 is 39.3 Å². The van der Waals surface area contributed by atoms with Crippen molar-refractivity contribution in [3.05, 3.63) is 63.1 Å². The van der Waals surface area contributed by atoms with Crippen molar-refractivity contribution < 1.29 is 0 Å². The fourth-order valence-corrected chi connectivity index (χ4v) is 3.62. The van der Waals surface area contributed by atoms with E-state index < -0.39 is 0 Å². The predicted octanol–water partition coefficient (Wildman–Crippen LogP) is 5.11. The molecule has 100 valence electrons. The highest BCUT2D eigenvalue weighted by Gasteiger charge is 2.03. The maximum Gasteiger partial charge on any atom is 0.0446 e. The van der Waals surface area contributed by atoms with E-state index in [-0.39, 0.29) is 0 Å². The van der Waals surface area contributed by atoms with Gasteiger partial charge in [0, 0.05) is 26.7 Å². The van der Waals surface area contributed by atoms with Gasteiger partial charge in [-0.05, 0) is 36.4 Å². The zero-order valence-corrected chi connectivity index (χ0v) is 13.8. The number of halogens is 2. The number of hydrogen-bond acceptors (Lipinski definition) is 2. The molecule has 0 spiro atoms. The van der Waals surface area contributed by atoms with Crippen molar-refractivity contribution in [1.29, 1.82) is 0 Å². The third-order valence-corrected chi connectivity index (χ3v) is 4.89. The van der Waals surface area contributed by atoms with E-state index in [0.29, 0.717) is 0 Å². The average molecular weight is 357 g/mol. The fourth-order valence-electron chi connectivity index (χ4n) is 1.73. The van der Waals surface area contributed by atoms with Crippen molar-refractivity contribution in [3.63, 3.8) is 0 Å². The molecule has 0 radical (unpaired) electrons. The van der Waals surface area contributed by atoms with E-state index in [2.05, 4.69) is 45.5 Å². The van der Waals surface area contributed by atoms with Crippen molar-refractivity contribution in [1.82, 2.24) is 5.32 Å². The van der Waals surface area contributed by atoms with E-state index in [9.17, 15) is 0 Å². The third-order valence-electron chi connectivity index (χ3n) is 2.74. The van der Waals surface area contributed by atoms with Crippen LogP contribution in [0.4, 0.5) is 0 Å². The lowest BCUT2D eigenvalue weighted by Gasteiger charge is -2.08. The van der Waals surface area contributed by atoms with E-state index in [1.807, 2.05) is 25.2 Å². The van der Waals surface area contributed by atoms with E-state index in [4.69, 9.17) is 11.6 Å². The first kappa shape index (κ1) is 14.9. The molecule has 0 amide bonds. The van der Waals surface area contributed by atoms with Gasteiger partial charge in [-0.1, -0.05) is 51.8 Å². The zero-order chi connectivity index (χ0) is 13.7. The Bertz CT molecular complexity index is 560. The van der Waals surface area contributed by atoms with E-state index in [0.717, 1.165) is 21.8 Å². The maximum absolute atomic E-state index is 6.16. The van der Waals surface area contributed by atoms with Gasteiger partial charge in [0.1, 0.15) is 0 Å². The number of rotatable bonds is 5. The predicted molar refractivity (Wildman–Crippen MR) is 87.9 cm³/mol. The van der Waals surface area contributed by atoms with E-state index >= 15 is 0 Å². The van der Waals surface area contributed by atoms with Gasteiger partial charge in [0.2, 0.25) is 0 Å². The molecule has 4 heteroatoms. The summed E-state index contributed by atoms with van der Waals surface area (Å²) < 4.78 is 1.14. The zero-order valence-electron chi connectivity index (χ0n) is 10.6. The summed E-state index contributed by atoms with van der Waals surface area (Å²) in [6.45, 7) is 0.871. The summed E-state index contributed by atoms with van der Waals surface area (Å²) >= 11 is 11.6. The highest BCUT2D eigenvalue weighted by molar-refractivity contribution is 9.10. The Labute approximate surface area is 131 Å². The van der Waals surface area contributed by atoms with Gasteiger partial charge >= 0.3 is 0 Å². The lowest BCUT2D eigenvalue weighted by molar-refractivity contribution is 0.813. The van der Waals surface area contributed by atoms with Gasteiger partial charge in [-0.2, -0.15) is 0 Å². The molecule has 0 aliphatic carbocycles. The fraction of sp³-hybridized carbons (Fsp3) is 0.200. The topological polar surface area (TPSA) is 12.0 Å². The Balaban J connectivity index is 2.04. The Morgan fingerprint density at radius 1 is 1.16 bits per heavy atom. The first-order chi connectivity index (χ1) is 9.20. The maximum atomic E-state index is 6.16. The minimum absolute atomic E-state index is 0.834. The summed E-state index contributed by atoms with van der Waals surface area (Å²) in [4.78, 5) is 1.24. The van der Waals surface area contributed by atoms with Gasteiger partial charge in [-0.25, -0.2) is 0 Å². The van der Waals surface area contributed by atoms with E-state index in [1.165, 1.54) is 16.0 Å². The molecule has 0 fully saturated rings. The molecule has 0 saturated carbocycles. The van der Waals surface area contributed by atoms with Crippen LogP contribution in [0.3, 0.4) is 0 Å². The van der Waals surface area contributed by atoms with Crippen LogP contribution in [0.5, 0.6) is 0 Å². The molecule has 0 aliphatic rings. The van der Waals surface area contributed by atoms with Gasteiger partial charge in [0.05, 0.1) is 0 Å². The summed E-state index contributed by atoms with van der Waals surface area (Å²) in [5.41, 5.74) is 2.44. The standard InChI is InChI=1S/C15H15BrClNS/c1-18-9-11-6-7-13(8-14(11)16)19-10-12-4-2-3-5-15(12)17/h2-8,18H,9-10H2,1H3. The van der Waals surface area contributed by atoms with Crippen molar-refractivity contribution >= 4 is 39.3 Å². The van der Waals surface area contributed by atoms with Crippen molar-refractivity contribution in [2.75, 3.05) is 7.05 Å². The van der Waals surface area contributed by atoms with Crippen LogP contribution in [0, 0.1) is 0 Å². The first-order valence-corrected chi connectivity index (χ1v) is 8.15. The molecule has 0 aromatic heterocycles. The molecule has 2 rings (SSSR count). The summed E-state index contributed by atoms with van der Waals surface area (Å²) in [5.74, 6) is 0.886. The second kappa shape index (κ2) is 7.34. The molecular weight excluding hydrogens is 342 g/mol. The van der Waals surface area contributed by atoms with Crippen LogP contribution in [0.1, 0.15) is 11.1 Å². The molecule has 2 aromatic carbocycles. The van der Waals surface area contributed by atoms with Gasteiger partial charge in [0.25, 0.3) is 0 Å². The van der Waals surface area contributed by atoms with Crippen LogP contribution in [0.15, 0.2) is 51.8 Å². The molecule has 0 atom stereocenters. The van der Waals surface area contributed by atoms with Crippen LogP contribution in [-0.2, 0) is 12.3 Å². The smallest absolute Gasteiger partial charge is 0.0446 e. The van der Waals surface area contributed by atoms with Gasteiger partial charge in [-0.3, -0.25) is 0 Å². The molecule has 0 aliphatic heterocycles. The first-order valence-electron chi connectivity index (χ1n) is 6.00. The second-order valence-corrected chi connectivity index (χ2v) is 6.47. The Hall–Kier alpha value is -0.480. The summed E-state index contributed by atoms with van der Waals surface area (Å²) in [6, 6.07) is 14.4. The molecule has 0 bridgehead atoms. The summed E-state index contributed by atoms with van der Waals surface area (Å²) in [7, 11) is 1.95. The van der Waals surface area contributed by atoms with Gasteiger partial charge < -0.3 is 5.32 Å². The average Bonchev–Trinajstić information content (AvgIpc) is 2.41. The lowest BCUT2D eigenvalue weighted by Crippen LogP contribution is -2.05. The van der Waals surface area contributed by atoms with Crippen molar-refractivity contribution in [3.8, 4) is 0 Å². The monoisotopic (exact) mass is 355 g/mol. The molecule has 1 nitrogen and oxygen atoms in total. The minimum Gasteiger partial charge on any atom is -0.316 e. The van der Waals surface area contributed by atoms with E-state index in [1.54, 1.807) is 11.8 Å². The molecule has 1 N–H and O–H groups in total. The normalized spacial score (nSPS) is 10.7. The highest BCUT2D eigenvalue weighted by atomic mass is 79.9. The number of hydrogen-bond donors (Lipinski definition) is 1. The summed E-state index contributed by atoms with van der Waals surface area (Å²) in [6.07, 6.45) is 0. The Morgan fingerprint density at radius 3 is 2.63 bits per heavy atom. The molecule has 0 unspecified atom stereocenters. The molecule has 19 heavy (non-hydrogen) atoms. The summed E-state index contributed by atoms with van der Waals surface area (Å²) in [5, 5.41) is 3.99. The minimum atomic E-state index is 0.834. The second-order valence-electron chi connectivity index (χ2n) is 4.16. The number of nitrogens with one attached hydrogen (secondary N) is 1. The van der Waals surface area contributed by atoms with Crippen molar-refractivity contribution in [2.24, 2.45) is 0 Å². The van der Waals surface area contributed by atoms with Crippen LogP contribution in [0.2, 0.25) is 5.02 Å². The lowest BCUT2D eigenvalue weighted by atomic mass is 10.2. The van der Waals surface area contributed by atoms with Crippen LogP contribution in [0.25, 0.3) is 0 Å². The molecular formula is C15H15BrClNS. The molecule has 0 heterocycles. The van der Waals surface area contributed by atoms with Gasteiger partial charge in [0.15, 0.2) is 0 Å². The molecule has 0 saturated heterocycles. The van der Waals surface area contributed by atoms with Crippen LogP contribution < -0.4 is 5.32 Å². The van der Waals surface area contributed by atoms with Crippen LogP contribution in [-0.4, -0.2) is 7.05 Å². The number of thioether (sulfide) groups is 1. The highest BCUT2D eigenvalue weighted by Crippen LogP contribution is 2.29. The SMILES string of the molecule is CNCc1ccc(SCc2ccccc2Cl)cc1Br. The van der Waals surface area contributed by atoms with Gasteiger partial charge in [-0.15, -0.1) is 11.8 Å². The molecule has 2 aromatic rings. The Kier molecular flexibility index (Phi) is 5.76. The largest absolute Gasteiger partial charge is 0.316 e.